The number of hydrogen-bond donors (Lipinski definition) is 1. The summed E-state index contributed by atoms with van der Waals surface area (Å²) in [6.45, 7) is 6.64. The van der Waals surface area contributed by atoms with Gasteiger partial charge in [0.25, 0.3) is 0 Å². The average Bonchev–Trinajstić information content (AvgIpc) is 2.62. The van der Waals surface area contributed by atoms with Crippen LogP contribution < -0.4 is 0 Å². The van der Waals surface area contributed by atoms with Gasteiger partial charge in [-0.2, -0.15) is 12.8 Å². The van der Waals surface area contributed by atoms with Crippen LogP contribution in [0.15, 0.2) is 0 Å². The van der Waals surface area contributed by atoms with E-state index in [1.165, 1.54) is 0 Å². The molecule has 1 unspecified atom stereocenters. The van der Waals surface area contributed by atoms with Crippen LogP contribution in [0.25, 0.3) is 0 Å². The Hall–Kier alpha value is -1.08. The number of hydrogen-bond acceptors (Lipinski definition) is 7. The van der Waals surface area contributed by atoms with Crippen LogP contribution in [0.3, 0.4) is 0 Å². The molecule has 9 heteroatoms. The zero-order valence-corrected chi connectivity index (χ0v) is 16.1. The van der Waals surface area contributed by atoms with Crippen molar-refractivity contribution < 1.29 is 37.6 Å². The summed E-state index contributed by atoms with van der Waals surface area (Å²) in [6, 6.07) is 0. The largest absolute Gasteiger partial charge is 0.512 e. The minimum Gasteiger partial charge on any atom is -0.462 e. The highest BCUT2D eigenvalue weighted by Gasteiger charge is 2.27. The Labute approximate surface area is 156 Å². The summed E-state index contributed by atoms with van der Waals surface area (Å²) in [4.78, 5) is 32.6. The first-order valence-electron chi connectivity index (χ1n) is 8.69. The Morgan fingerprint density at radius 2 is 1.58 bits per heavy atom. The third kappa shape index (κ3) is 14.1. The van der Waals surface area contributed by atoms with E-state index in [0.29, 0.717) is 19.3 Å². The number of phosphoric acid groups is 1. The van der Waals surface area contributed by atoms with Crippen LogP contribution in [-0.2, 0) is 32.7 Å². The van der Waals surface area contributed by atoms with Gasteiger partial charge in [0.15, 0.2) is 6.10 Å². The molecule has 0 aromatic carbocycles. The number of phosphoric ester groups is 1. The van der Waals surface area contributed by atoms with Crippen LogP contribution in [0.4, 0.5) is 0 Å². The van der Waals surface area contributed by atoms with E-state index in [9.17, 15) is 19.0 Å². The van der Waals surface area contributed by atoms with Crippen molar-refractivity contribution in [1.82, 2.24) is 0 Å². The van der Waals surface area contributed by atoms with Crippen molar-refractivity contribution in [3.05, 3.63) is 21.0 Å². The summed E-state index contributed by atoms with van der Waals surface area (Å²) in [5, 5.41) is 0. The summed E-state index contributed by atoms with van der Waals surface area (Å²) in [5.41, 5.74) is 0. The van der Waals surface area contributed by atoms with E-state index in [-0.39, 0.29) is 19.4 Å². The molecule has 0 heterocycles. The summed E-state index contributed by atoms with van der Waals surface area (Å²) in [6.07, 6.45) is 5.00. The Morgan fingerprint density at radius 1 is 0.962 bits per heavy atom. The molecule has 8 nitrogen and oxygen atoms in total. The van der Waals surface area contributed by atoms with Gasteiger partial charge in [-0.3, -0.25) is 14.1 Å². The van der Waals surface area contributed by atoms with Gasteiger partial charge in [0, 0.05) is 12.8 Å². The van der Waals surface area contributed by atoms with Crippen LogP contribution in [0.5, 0.6) is 0 Å². The van der Waals surface area contributed by atoms with Gasteiger partial charge in [0.05, 0.1) is 6.61 Å². The first-order chi connectivity index (χ1) is 12.3. The van der Waals surface area contributed by atoms with Gasteiger partial charge in [-0.25, -0.2) is 4.57 Å². The molecule has 0 saturated carbocycles. The number of rotatable bonds is 16. The first-order valence-corrected chi connectivity index (χ1v) is 10.2. The molecular formula is C17H30O8P-. The number of unbranched alkanes of at least 4 members (excludes halogenated alkanes) is 5. The molecule has 0 amide bonds. The van der Waals surface area contributed by atoms with Gasteiger partial charge in [-0.05, 0) is 6.42 Å². The van der Waals surface area contributed by atoms with E-state index in [1.807, 2.05) is 0 Å². The summed E-state index contributed by atoms with van der Waals surface area (Å²) >= 11 is 0. The van der Waals surface area contributed by atoms with E-state index < -0.39 is 32.5 Å². The maximum Gasteiger partial charge on any atom is 0.512 e. The quantitative estimate of drug-likeness (QED) is 0.184. The minimum atomic E-state index is -4.33. The molecule has 0 aliphatic rings. The van der Waals surface area contributed by atoms with Crippen LogP contribution in [0.1, 0.15) is 57.8 Å². The average molecular weight is 393 g/mol. The minimum absolute atomic E-state index is 0.142. The number of ether oxygens (including phenoxy) is 2. The Bertz CT molecular complexity index is 440. The lowest BCUT2D eigenvalue weighted by atomic mass is 10.1. The van der Waals surface area contributed by atoms with Gasteiger partial charge < -0.3 is 28.2 Å². The molecule has 152 valence electrons. The fraction of sp³-hybridized carbons (Fsp3) is 0.706. The van der Waals surface area contributed by atoms with Crippen molar-refractivity contribution in [2.24, 2.45) is 0 Å². The zero-order chi connectivity index (χ0) is 19.8. The fourth-order valence-electron chi connectivity index (χ4n) is 1.90. The SMILES string of the molecule is [CH2+]OP(=O)(O)OC[C@@H](COC(=O)CCCCCC[CH2-])OC(=O)CCC[CH2-]. The Kier molecular flexibility index (Phi) is 14.4. The van der Waals surface area contributed by atoms with Crippen LogP contribution in [0, 0.1) is 21.0 Å². The smallest absolute Gasteiger partial charge is 0.462 e. The van der Waals surface area contributed by atoms with E-state index in [0.717, 1.165) is 25.7 Å². The second-order valence-electron chi connectivity index (χ2n) is 5.66. The molecule has 0 fully saturated rings. The molecule has 0 aromatic rings. The molecule has 0 saturated heterocycles. The number of carbonyl (C=O) groups is 2. The van der Waals surface area contributed by atoms with Crippen LogP contribution >= 0.6 is 7.82 Å². The predicted octanol–water partition coefficient (Wildman–Crippen LogP) is 3.55. The first kappa shape index (κ1) is 24.9. The van der Waals surface area contributed by atoms with E-state index in [4.69, 9.17) is 9.47 Å². The highest BCUT2D eigenvalue weighted by molar-refractivity contribution is 7.47. The van der Waals surface area contributed by atoms with E-state index in [1.54, 1.807) is 0 Å². The molecular weight excluding hydrogens is 363 g/mol. The van der Waals surface area contributed by atoms with E-state index in [2.05, 4.69) is 30.0 Å². The van der Waals surface area contributed by atoms with Crippen LogP contribution in [0.2, 0.25) is 0 Å². The zero-order valence-electron chi connectivity index (χ0n) is 15.2. The lowest BCUT2D eigenvalue weighted by molar-refractivity contribution is -0.161. The maximum absolute atomic E-state index is 11.7. The highest BCUT2D eigenvalue weighted by Crippen LogP contribution is 2.42. The van der Waals surface area contributed by atoms with Gasteiger partial charge in [0.2, 0.25) is 7.11 Å². The summed E-state index contributed by atoms with van der Waals surface area (Å²) < 4.78 is 30.2. The normalized spacial score (nSPS) is 14.4. The molecule has 1 N–H and O–H groups in total. The lowest BCUT2D eigenvalue weighted by Gasteiger charge is -2.18. The highest BCUT2D eigenvalue weighted by atomic mass is 31.2. The fourth-order valence-corrected chi connectivity index (χ4v) is 2.33. The topological polar surface area (TPSA) is 108 Å². The van der Waals surface area contributed by atoms with Gasteiger partial charge in [0.1, 0.15) is 6.61 Å². The van der Waals surface area contributed by atoms with Crippen molar-refractivity contribution in [3.8, 4) is 0 Å². The third-order valence-electron chi connectivity index (χ3n) is 3.33. The number of carbonyl (C=O) groups excluding carboxylic acids is 2. The Morgan fingerprint density at radius 3 is 2.19 bits per heavy atom. The molecule has 0 radical (unpaired) electrons. The summed E-state index contributed by atoms with van der Waals surface area (Å²) in [5.74, 6) is -0.964. The van der Waals surface area contributed by atoms with E-state index >= 15 is 0 Å². The molecule has 0 aliphatic heterocycles. The lowest BCUT2D eigenvalue weighted by Crippen LogP contribution is -2.29. The van der Waals surface area contributed by atoms with Crippen molar-refractivity contribution in [3.63, 3.8) is 0 Å². The van der Waals surface area contributed by atoms with Gasteiger partial charge in [-0.15, -0.1) is 0 Å². The molecule has 0 rings (SSSR count). The second kappa shape index (κ2) is 15.0. The van der Waals surface area contributed by atoms with Gasteiger partial charge >= 0.3 is 19.8 Å². The van der Waals surface area contributed by atoms with Crippen molar-refractivity contribution in [2.45, 2.75) is 63.9 Å². The molecule has 26 heavy (non-hydrogen) atoms. The van der Waals surface area contributed by atoms with Crippen molar-refractivity contribution in [2.75, 3.05) is 13.2 Å². The molecule has 2 atom stereocenters. The van der Waals surface area contributed by atoms with Crippen LogP contribution in [-0.4, -0.2) is 36.1 Å². The molecule has 0 bridgehead atoms. The number of esters is 2. The van der Waals surface area contributed by atoms with Crippen molar-refractivity contribution in [1.29, 1.82) is 0 Å². The molecule has 0 spiro atoms. The Balaban J connectivity index is 4.34. The molecule has 0 aliphatic carbocycles. The third-order valence-corrected chi connectivity index (χ3v) is 4.13. The monoisotopic (exact) mass is 393 g/mol. The summed E-state index contributed by atoms with van der Waals surface area (Å²) in [7, 11) is -1.50. The standard InChI is InChI=1S/C17H30O8P/c1-4-6-8-9-10-12-16(18)23-13-15(14-24-26(20,21)22-3)25-17(19)11-7-5-2/h15H,1-14H2,(H,20,21)/q-1/t15-/m1/s1. The maximum atomic E-state index is 11.7. The van der Waals surface area contributed by atoms with Gasteiger partial charge in [-0.1, -0.05) is 30.2 Å². The predicted molar refractivity (Wildman–Crippen MR) is 95.3 cm³/mol. The second-order valence-corrected chi connectivity index (χ2v) is 7.12. The van der Waals surface area contributed by atoms with Crippen molar-refractivity contribution >= 4 is 19.8 Å². The molecule has 0 aromatic heterocycles.